The minimum Gasteiger partial charge on any atom is -0.508 e. The standard InChI is InChI=1S/C87H110ClN13O21S/c1-47-20-18-26-66(119-10)87(117)74-73(120-84(116)97-87)48(2)75-85(5,121-75)86(74,45-70(107)99(7)63-41-53(38-47)42-64(118-9)71(63)88)122-83(115)49(3)98(6)68(105)33-37-123-65-44-69(106)101(82(65)114)36-19-35-90-67(104)32-31-62-79(111)94-59(39-52-27-29-55(103)30-28-52)77(109)93-60(43-54-46-91-57-24-15-14-23-56(54)57)78(110)92-58(25-16-17-34-89)76(108)96-72(50(4)102)80(112)95-61(81(113)100(62)8)40-51-21-12-11-13-22-51/h11-15,18,20-24,26-30,41-42,46,48-50,58-62,65-66,72-75,91,102-103,117H,16-17,19,25,31-40,43-45,89H2,1-10H3,(H,90,104)(H,92,110)(H,93,109)(H,94,111)(H,95,112)(H,96,108)(H,97,116)/b26-18+,47-20+/t48-,49+,50-,58+,59+,60-,61+,62+,65?,66-,72+,73-,74?,75+,85-,86-,87-/m1/s1. The number of nitrogens with zero attached hydrogens (tertiary/aromatic N) is 4. The Morgan fingerprint density at radius 1 is 0.789 bits per heavy atom. The molecule has 5 aromatic rings. The number of unbranched alkanes of at least 4 members (excludes halogenated alkanes) is 1. The predicted molar refractivity (Wildman–Crippen MR) is 453 cm³/mol. The molecule has 0 radical (unpaired) electrons. The maximum Gasteiger partial charge on any atom is 0.409 e. The highest BCUT2D eigenvalue weighted by atomic mass is 35.5. The summed E-state index contributed by atoms with van der Waals surface area (Å²) in [7, 11) is 6.87. The number of alkyl carbamates (subject to hydrolysis) is 1. The zero-order chi connectivity index (χ0) is 89.1. The number of nitrogens with two attached hydrogens (primary N) is 1. The molecular weight excluding hydrogens is 1630 g/mol. The summed E-state index contributed by atoms with van der Waals surface area (Å²) in [5.74, 6) is -11.4. The second kappa shape index (κ2) is 40.1. The Hall–Kier alpha value is -11.0. The summed E-state index contributed by atoms with van der Waals surface area (Å²) in [5, 5.41) is 53.6. The van der Waals surface area contributed by atoms with Crippen LogP contribution < -0.4 is 52.6 Å². The first-order valence-electron chi connectivity index (χ1n) is 41.2. The number of likely N-dealkylation sites (N-methyl/N-ethyl adjacent to an activating group) is 2. The van der Waals surface area contributed by atoms with Gasteiger partial charge in [-0.1, -0.05) is 103 Å². The van der Waals surface area contributed by atoms with Gasteiger partial charge < -0.3 is 96.3 Å². The molecule has 12 amide bonds. The fraction of sp³-hybridized carbons (Fsp3) is 0.506. The fourth-order valence-electron chi connectivity index (χ4n) is 17.1. The lowest BCUT2D eigenvalue weighted by Crippen LogP contribution is -2.79. The van der Waals surface area contributed by atoms with Gasteiger partial charge in [-0.2, -0.15) is 0 Å². The molecule has 4 aromatic carbocycles. The van der Waals surface area contributed by atoms with E-state index < -0.39 is 197 Å². The van der Waals surface area contributed by atoms with Crippen LogP contribution in [0, 0.1) is 11.8 Å². The van der Waals surface area contributed by atoms with E-state index in [1.807, 2.05) is 25.1 Å². The van der Waals surface area contributed by atoms with Gasteiger partial charge in [0.1, 0.15) is 76.6 Å². The number of hydrogen-bond acceptors (Lipinski definition) is 23. The van der Waals surface area contributed by atoms with E-state index in [9.17, 15) is 53.7 Å². The second-order valence-corrected chi connectivity index (χ2v) is 34.3. The number of amides is 12. The van der Waals surface area contributed by atoms with Crippen LogP contribution in [-0.4, -0.2) is 262 Å². The average Bonchev–Trinajstić information content (AvgIpc) is 1.50. The number of aromatic hydroxyl groups is 1. The number of aliphatic hydroxyl groups is 2. The number of aromatic nitrogens is 1. The Balaban J connectivity index is 0.764. The summed E-state index contributed by atoms with van der Waals surface area (Å²) < 4.78 is 30.8. The Kier molecular flexibility index (Phi) is 30.3. The highest BCUT2D eigenvalue weighted by molar-refractivity contribution is 8.00. The summed E-state index contributed by atoms with van der Waals surface area (Å²) >= 11 is 7.99. The quantitative estimate of drug-likeness (QED) is 0.0155. The van der Waals surface area contributed by atoms with Gasteiger partial charge in [-0.05, 0) is 125 Å². The molecule has 1 aliphatic carbocycles. The van der Waals surface area contributed by atoms with Crippen molar-refractivity contribution in [3.05, 3.63) is 148 Å². The third-order valence-corrected chi connectivity index (χ3v) is 25.8. The SMILES string of the molecule is COc1cc2cc(c1Cl)N(C)C(=O)C[C@@]1(OC(=O)[C@H](C)N(C)C(=O)CCSC3CC(=O)N(CCCNC(=O)CC[C@H]4C(=O)N[C@@H](Cc5ccc(O)cc5)C(=O)N[C@H](Cc5c[nH]c6ccccc56)C(=O)N[C@@H](CCCCN)C(=O)N[C@@H]([C@@H](C)O)C(=O)N[C@@H](Cc5ccccc5)C(=O)N4C)C3=O)C3[C@H](OC(=O)N[C@@]3(O)[C@H](OC)/C=C/C=C(\C)C2)[C@@H](C)[C@@H]2O[C@]21C. The number of thioether (sulfide) groups is 1. The largest absolute Gasteiger partial charge is 0.508 e. The van der Waals surface area contributed by atoms with Crippen LogP contribution in [0.5, 0.6) is 11.5 Å². The van der Waals surface area contributed by atoms with Crippen LogP contribution in [0.25, 0.3) is 10.9 Å². The lowest BCUT2D eigenvalue weighted by molar-refractivity contribution is -0.265. The van der Waals surface area contributed by atoms with Crippen molar-refractivity contribution >= 4 is 117 Å². The number of hydrogen-bond donors (Lipinski definition) is 12. The van der Waals surface area contributed by atoms with Gasteiger partial charge in [-0.25, -0.2) is 9.59 Å². The molecule has 11 rings (SSSR count). The van der Waals surface area contributed by atoms with Crippen LogP contribution in [0.4, 0.5) is 10.5 Å². The lowest BCUT2D eigenvalue weighted by Gasteiger charge is -2.58. The zero-order valence-corrected chi connectivity index (χ0v) is 72.0. The molecule has 6 aliphatic rings. The summed E-state index contributed by atoms with van der Waals surface area (Å²) in [5.41, 5.74) is 3.73. The topological polar surface area (TPSA) is 471 Å². The number of likely N-dealkylation sites (tertiary alicyclic amines) is 1. The molecule has 5 fully saturated rings. The zero-order valence-electron chi connectivity index (χ0n) is 70.4. The number of aromatic amines is 1. The number of H-pyrrole nitrogens is 1. The third kappa shape index (κ3) is 21.0. The Morgan fingerprint density at radius 2 is 1.45 bits per heavy atom. The number of imide groups is 1. The number of nitrogens with one attached hydrogen (secondary N) is 8. The number of phenolic OH excluding ortho intramolecular Hbond substituents is 1. The minimum absolute atomic E-state index is 0.00213. The van der Waals surface area contributed by atoms with E-state index in [2.05, 4.69) is 42.2 Å². The number of rotatable bonds is 27. The number of aliphatic hydroxyl groups excluding tert-OH is 1. The number of carbonyl (C=O) groups is 13. The number of epoxide rings is 1. The van der Waals surface area contributed by atoms with Gasteiger partial charge in [0.25, 0.3) is 0 Å². The van der Waals surface area contributed by atoms with E-state index in [0.717, 1.165) is 37.6 Å². The van der Waals surface area contributed by atoms with Gasteiger partial charge >= 0.3 is 12.1 Å². The fourth-order valence-corrected chi connectivity index (χ4v) is 18.5. The Labute approximate surface area is 721 Å². The lowest BCUT2D eigenvalue weighted by atomic mass is 9.57. The molecule has 662 valence electrons. The van der Waals surface area contributed by atoms with Gasteiger partial charge in [-0.15, -0.1) is 11.8 Å². The van der Waals surface area contributed by atoms with Gasteiger partial charge in [0, 0.05) is 109 Å². The van der Waals surface area contributed by atoms with Crippen LogP contribution in [0.15, 0.2) is 121 Å². The number of methoxy groups -OCH3 is 2. The molecule has 34 nitrogen and oxygen atoms in total. The van der Waals surface area contributed by atoms with Gasteiger partial charge in [0.15, 0.2) is 11.3 Å². The average molecular weight is 1740 g/mol. The van der Waals surface area contributed by atoms with E-state index in [-0.39, 0.29) is 92.5 Å². The van der Waals surface area contributed by atoms with Gasteiger partial charge in [0.05, 0.1) is 42.6 Å². The number of benzene rings is 4. The van der Waals surface area contributed by atoms with E-state index >= 15 is 24.0 Å². The Bertz CT molecular complexity index is 4860. The first kappa shape index (κ1) is 92.8. The highest BCUT2D eigenvalue weighted by Crippen LogP contribution is 2.65. The summed E-state index contributed by atoms with van der Waals surface area (Å²) in [4.78, 5) is 197. The molecule has 2 unspecified atom stereocenters. The molecule has 5 aliphatic heterocycles. The molecule has 0 spiro atoms. The van der Waals surface area contributed by atoms with Crippen molar-refractivity contribution in [1.29, 1.82) is 0 Å². The summed E-state index contributed by atoms with van der Waals surface area (Å²) in [6, 6.07) is 14.4. The van der Waals surface area contributed by atoms with Crippen molar-refractivity contribution in [3.63, 3.8) is 0 Å². The van der Waals surface area contributed by atoms with Crippen LogP contribution in [0.2, 0.25) is 5.02 Å². The summed E-state index contributed by atoms with van der Waals surface area (Å²) in [6.07, 6.45) is -0.858. The van der Waals surface area contributed by atoms with E-state index in [0.29, 0.717) is 46.9 Å². The number of ether oxygens (including phenoxy) is 5. The second-order valence-electron chi connectivity index (χ2n) is 32.6. The molecule has 2 bridgehead atoms. The Morgan fingerprint density at radius 3 is 2.15 bits per heavy atom. The number of phenols is 1. The van der Waals surface area contributed by atoms with Crippen molar-refractivity contribution in [3.8, 4) is 11.5 Å². The molecule has 1 saturated carbocycles. The number of halogens is 1. The van der Waals surface area contributed by atoms with Crippen LogP contribution in [0.1, 0.15) is 115 Å². The first-order valence-corrected chi connectivity index (χ1v) is 42.6. The molecule has 36 heteroatoms. The van der Waals surface area contributed by atoms with Crippen molar-refractivity contribution in [2.75, 3.05) is 65.6 Å². The van der Waals surface area contributed by atoms with Crippen LogP contribution >= 0.6 is 23.4 Å². The maximum atomic E-state index is 15.3. The highest BCUT2D eigenvalue weighted by Gasteiger charge is 2.83. The van der Waals surface area contributed by atoms with Crippen molar-refractivity contribution < 1.29 is 101 Å². The number of fused-ring (bicyclic) bond motifs is 5. The normalized spacial score (nSPS) is 28.4. The number of para-hydroxylation sites is 1. The maximum absolute atomic E-state index is 15.3. The molecule has 4 saturated heterocycles. The molecule has 17 atom stereocenters. The number of carbonyl (C=O) groups excluding carboxylic acids is 13. The van der Waals surface area contributed by atoms with Gasteiger partial charge in [0.2, 0.25) is 65.0 Å². The monoisotopic (exact) mass is 1740 g/mol. The summed E-state index contributed by atoms with van der Waals surface area (Å²) in [6.45, 7) is 7.91. The van der Waals surface area contributed by atoms with Gasteiger partial charge in [-0.3, -0.25) is 63.0 Å². The molecule has 6 heterocycles. The number of anilines is 1. The van der Waals surface area contributed by atoms with Crippen molar-refractivity contribution in [2.45, 2.75) is 207 Å². The van der Waals surface area contributed by atoms with Crippen LogP contribution in [-0.2, 0) is 102 Å². The molecule has 123 heavy (non-hydrogen) atoms. The molecule has 13 N–H and O–H groups in total. The third-order valence-electron chi connectivity index (χ3n) is 24.2. The van der Waals surface area contributed by atoms with E-state index in [4.69, 9.17) is 41.0 Å². The minimum atomic E-state index is -2.47. The number of esters is 1. The first-order chi connectivity index (χ1) is 58.5. The van der Waals surface area contributed by atoms with E-state index in [1.165, 1.54) is 84.5 Å². The predicted octanol–water partition coefficient (Wildman–Crippen LogP) is 3.35. The van der Waals surface area contributed by atoms with E-state index in [1.54, 1.807) is 80.7 Å². The number of allylic oxidation sites excluding steroid dienone is 3. The van der Waals surface area contributed by atoms with Crippen molar-refractivity contribution in [2.24, 2.45) is 17.6 Å². The smallest absolute Gasteiger partial charge is 0.409 e. The molecular formula is C87H110ClN13O21S. The van der Waals surface area contributed by atoms with Crippen LogP contribution in [0.3, 0.4) is 0 Å². The van der Waals surface area contributed by atoms with Crippen molar-refractivity contribution in [1.82, 2.24) is 56.9 Å². The molecule has 1 aromatic heterocycles.